The van der Waals surface area contributed by atoms with E-state index in [1.165, 1.54) is 16.7 Å². The number of benzene rings is 1. The standard InChI is InChI=1S/C17H29NO2/c1-5-7-20-17-9-12(3)16(8-13(17)4)14(6-2)10-15(19)11-18/h8-9,14-15,19H,5-7,10-11,18H2,1-4H3. The van der Waals surface area contributed by atoms with Crippen LogP contribution >= 0.6 is 0 Å². The van der Waals surface area contributed by atoms with Gasteiger partial charge in [-0.05, 0) is 61.8 Å². The Morgan fingerprint density at radius 1 is 1.20 bits per heavy atom. The van der Waals surface area contributed by atoms with Gasteiger partial charge in [0.1, 0.15) is 5.75 Å². The van der Waals surface area contributed by atoms with E-state index in [9.17, 15) is 5.11 Å². The predicted molar refractivity (Wildman–Crippen MR) is 84.4 cm³/mol. The van der Waals surface area contributed by atoms with Gasteiger partial charge in [0, 0.05) is 6.54 Å². The topological polar surface area (TPSA) is 55.5 Å². The normalized spacial score (nSPS) is 14.1. The third-order valence-corrected chi connectivity index (χ3v) is 3.79. The molecule has 0 fully saturated rings. The number of hydrogen-bond donors (Lipinski definition) is 2. The Hall–Kier alpha value is -1.06. The van der Waals surface area contributed by atoms with Crippen molar-refractivity contribution in [2.75, 3.05) is 13.2 Å². The molecular weight excluding hydrogens is 250 g/mol. The first-order chi connectivity index (χ1) is 9.53. The lowest BCUT2D eigenvalue weighted by atomic mass is 9.87. The van der Waals surface area contributed by atoms with Crippen LogP contribution in [0.25, 0.3) is 0 Å². The number of aliphatic hydroxyl groups is 1. The van der Waals surface area contributed by atoms with Crippen LogP contribution in [0.3, 0.4) is 0 Å². The van der Waals surface area contributed by atoms with Crippen molar-refractivity contribution in [2.24, 2.45) is 5.73 Å². The molecule has 3 nitrogen and oxygen atoms in total. The fraction of sp³-hybridized carbons (Fsp3) is 0.647. The second-order valence-electron chi connectivity index (χ2n) is 5.55. The molecule has 1 aromatic rings. The fourth-order valence-electron chi connectivity index (χ4n) is 2.56. The minimum Gasteiger partial charge on any atom is -0.493 e. The van der Waals surface area contributed by atoms with Gasteiger partial charge < -0.3 is 15.6 Å². The average molecular weight is 279 g/mol. The van der Waals surface area contributed by atoms with Crippen LogP contribution in [-0.2, 0) is 0 Å². The largest absolute Gasteiger partial charge is 0.493 e. The fourth-order valence-corrected chi connectivity index (χ4v) is 2.56. The lowest BCUT2D eigenvalue weighted by Crippen LogP contribution is -2.22. The van der Waals surface area contributed by atoms with Crippen LogP contribution in [0.5, 0.6) is 5.75 Å². The summed E-state index contributed by atoms with van der Waals surface area (Å²) in [4.78, 5) is 0. The molecule has 0 aliphatic rings. The van der Waals surface area contributed by atoms with E-state index < -0.39 is 6.10 Å². The quantitative estimate of drug-likeness (QED) is 0.767. The lowest BCUT2D eigenvalue weighted by molar-refractivity contribution is 0.162. The van der Waals surface area contributed by atoms with Crippen LogP contribution in [0.1, 0.15) is 55.7 Å². The molecule has 0 bridgehead atoms. The highest BCUT2D eigenvalue weighted by atomic mass is 16.5. The molecule has 3 heteroatoms. The van der Waals surface area contributed by atoms with Crippen LogP contribution in [0, 0.1) is 13.8 Å². The zero-order chi connectivity index (χ0) is 15.1. The summed E-state index contributed by atoms with van der Waals surface area (Å²) in [6, 6.07) is 4.33. The third-order valence-electron chi connectivity index (χ3n) is 3.79. The van der Waals surface area contributed by atoms with Crippen molar-refractivity contribution in [3.63, 3.8) is 0 Å². The first kappa shape index (κ1) is 17.0. The van der Waals surface area contributed by atoms with Crippen molar-refractivity contribution in [1.29, 1.82) is 0 Å². The van der Waals surface area contributed by atoms with E-state index in [0.29, 0.717) is 12.5 Å². The van der Waals surface area contributed by atoms with Crippen molar-refractivity contribution in [2.45, 2.75) is 59.0 Å². The first-order valence-electron chi connectivity index (χ1n) is 7.65. The van der Waals surface area contributed by atoms with Gasteiger partial charge in [0.25, 0.3) is 0 Å². The first-order valence-corrected chi connectivity index (χ1v) is 7.65. The minimum atomic E-state index is -0.421. The molecule has 0 aliphatic carbocycles. The molecule has 0 heterocycles. The van der Waals surface area contributed by atoms with E-state index in [-0.39, 0.29) is 0 Å². The highest BCUT2D eigenvalue weighted by molar-refractivity contribution is 5.43. The molecule has 114 valence electrons. The Morgan fingerprint density at radius 2 is 1.90 bits per heavy atom. The Bertz CT molecular complexity index is 418. The van der Waals surface area contributed by atoms with Gasteiger partial charge in [-0.15, -0.1) is 0 Å². The maximum Gasteiger partial charge on any atom is 0.122 e. The highest BCUT2D eigenvalue weighted by Gasteiger charge is 2.17. The van der Waals surface area contributed by atoms with Gasteiger partial charge in [0.2, 0.25) is 0 Å². The molecule has 0 spiro atoms. The maximum absolute atomic E-state index is 9.80. The van der Waals surface area contributed by atoms with Gasteiger partial charge in [-0.3, -0.25) is 0 Å². The summed E-state index contributed by atoms with van der Waals surface area (Å²) in [6.45, 7) is 9.54. The summed E-state index contributed by atoms with van der Waals surface area (Å²) in [7, 11) is 0. The van der Waals surface area contributed by atoms with Crippen LogP contribution in [0.2, 0.25) is 0 Å². The van der Waals surface area contributed by atoms with Crippen LogP contribution < -0.4 is 10.5 Å². The Labute approximate surface area is 123 Å². The molecule has 0 radical (unpaired) electrons. The van der Waals surface area contributed by atoms with Gasteiger partial charge in [-0.25, -0.2) is 0 Å². The van der Waals surface area contributed by atoms with Crippen molar-refractivity contribution < 1.29 is 9.84 Å². The summed E-state index contributed by atoms with van der Waals surface area (Å²) in [6.07, 6.45) is 2.32. The summed E-state index contributed by atoms with van der Waals surface area (Å²) < 4.78 is 5.77. The van der Waals surface area contributed by atoms with Crippen LogP contribution in [0.4, 0.5) is 0 Å². The SMILES string of the molecule is CCCOc1cc(C)c(C(CC)CC(O)CN)cc1C. The van der Waals surface area contributed by atoms with Crippen molar-refractivity contribution in [3.8, 4) is 5.75 Å². The number of hydrogen-bond acceptors (Lipinski definition) is 3. The second-order valence-corrected chi connectivity index (χ2v) is 5.55. The summed E-state index contributed by atoms with van der Waals surface area (Å²) >= 11 is 0. The predicted octanol–water partition coefficient (Wildman–Crippen LogP) is 3.30. The zero-order valence-corrected chi connectivity index (χ0v) is 13.3. The maximum atomic E-state index is 9.80. The summed E-state index contributed by atoms with van der Waals surface area (Å²) in [5, 5.41) is 9.80. The summed E-state index contributed by atoms with van der Waals surface area (Å²) in [5.74, 6) is 1.33. The molecule has 0 saturated carbocycles. The van der Waals surface area contributed by atoms with Crippen molar-refractivity contribution in [3.05, 3.63) is 28.8 Å². The number of rotatable bonds is 8. The number of ether oxygens (including phenoxy) is 1. The van der Waals surface area contributed by atoms with Crippen molar-refractivity contribution >= 4 is 0 Å². The van der Waals surface area contributed by atoms with E-state index >= 15 is 0 Å². The Kier molecular flexibility index (Phi) is 7.03. The number of aliphatic hydroxyl groups excluding tert-OH is 1. The average Bonchev–Trinajstić information content (AvgIpc) is 2.45. The molecule has 3 N–H and O–H groups in total. The zero-order valence-electron chi connectivity index (χ0n) is 13.3. The molecule has 0 saturated heterocycles. The molecule has 0 aliphatic heterocycles. The molecule has 1 rings (SSSR count). The third kappa shape index (κ3) is 4.50. The molecule has 1 aromatic carbocycles. The second kappa shape index (κ2) is 8.28. The molecular formula is C17H29NO2. The molecule has 2 unspecified atom stereocenters. The van der Waals surface area contributed by atoms with Gasteiger partial charge >= 0.3 is 0 Å². The van der Waals surface area contributed by atoms with Gasteiger partial charge in [-0.2, -0.15) is 0 Å². The lowest BCUT2D eigenvalue weighted by Gasteiger charge is -2.22. The van der Waals surface area contributed by atoms with Gasteiger partial charge in [-0.1, -0.05) is 19.9 Å². The molecule has 0 amide bonds. The summed E-state index contributed by atoms with van der Waals surface area (Å²) in [5.41, 5.74) is 9.24. The van der Waals surface area contributed by atoms with Crippen molar-refractivity contribution in [1.82, 2.24) is 0 Å². The van der Waals surface area contributed by atoms with E-state index in [1.807, 2.05) is 0 Å². The van der Waals surface area contributed by atoms with Gasteiger partial charge in [0.15, 0.2) is 0 Å². The van der Waals surface area contributed by atoms with E-state index in [1.54, 1.807) is 0 Å². The smallest absolute Gasteiger partial charge is 0.122 e. The Morgan fingerprint density at radius 3 is 2.45 bits per heavy atom. The minimum absolute atomic E-state index is 0.326. The number of nitrogens with two attached hydrogens (primary N) is 1. The number of aryl methyl sites for hydroxylation is 2. The monoisotopic (exact) mass is 279 g/mol. The van der Waals surface area contributed by atoms with E-state index in [0.717, 1.165) is 31.6 Å². The Balaban J connectivity index is 2.96. The molecule has 2 atom stereocenters. The highest BCUT2D eigenvalue weighted by Crippen LogP contribution is 2.32. The van der Waals surface area contributed by atoms with E-state index in [2.05, 4.69) is 39.8 Å². The molecule has 20 heavy (non-hydrogen) atoms. The van der Waals surface area contributed by atoms with Crippen LogP contribution in [0.15, 0.2) is 12.1 Å². The molecule has 0 aromatic heterocycles. The van der Waals surface area contributed by atoms with E-state index in [4.69, 9.17) is 10.5 Å². The van der Waals surface area contributed by atoms with Gasteiger partial charge in [0.05, 0.1) is 12.7 Å². The van der Waals surface area contributed by atoms with Crippen LogP contribution in [-0.4, -0.2) is 24.4 Å².